The molecule has 11 nitrogen and oxygen atoms in total. The molecular weight excluding hydrogens is 482 g/mol. The number of carboxylic acid groups (broad SMARTS) is 1. The molecule has 1 aliphatic rings. The SMILES string of the molecule is C[C@@H](c1cccc(Cn2cc(-c3cc(-c4cccc(C#N)c4)nc(N)n3)nn2)n1)N1CCC[C@H](C(=O)O)C1. The zero-order valence-corrected chi connectivity index (χ0v) is 20.9. The van der Waals surface area contributed by atoms with Gasteiger partial charge >= 0.3 is 5.97 Å². The molecule has 5 rings (SSSR count). The summed E-state index contributed by atoms with van der Waals surface area (Å²) in [5, 5.41) is 27.2. The fraction of sp³-hybridized carbons (Fsp3) is 0.296. The van der Waals surface area contributed by atoms with Crippen LogP contribution in [0.4, 0.5) is 5.95 Å². The lowest BCUT2D eigenvalue weighted by molar-refractivity contribution is -0.143. The molecule has 0 aliphatic carbocycles. The van der Waals surface area contributed by atoms with Crippen molar-refractivity contribution < 1.29 is 9.90 Å². The Morgan fingerprint density at radius 2 is 1.97 bits per heavy atom. The highest BCUT2D eigenvalue weighted by Crippen LogP contribution is 2.27. The number of rotatable bonds is 7. The second-order valence-electron chi connectivity index (χ2n) is 9.39. The smallest absolute Gasteiger partial charge is 0.307 e. The number of pyridine rings is 1. The molecular formula is C27H27N9O2. The van der Waals surface area contributed by atoms with E-state index in [0.29, 0.717) is 42.2 Å². The predicted octanol–water partition coefficient (Wildman–Crippen LogP) is 3.16. The fourth-order valence-electron chi connectivity index (χ4n) is 4.72. The first-order chi connectivity index (χ1) is 18.4. The third-order valence-electron chi connectivity index (χ3n) is 6.76. The Morgan fingerprint density at radius 3 is 2.79 bits per heavy atom. The Kier molecular flexibility index (Phi) is 7.06. The normalized spacial score (nSPS) is 16.6. The number of nitriles is 1. The van der Waals surface area contributed by atoms with Crippen molar-refractivity contribution in [1.29, 1.82) is 5.26 Å². The summed E-state index contributed by atoms with van der Waals surface area (Å²) in [5.74, 6) is -0.978. The molecule has 192 valence electrons. The van der Waals surface area contributed by atoms with Gasteiger partial charge in [-0.05, 0) is 56.6 Å². The van der Waals surface area contributed by atoms with E-state index in [2.05, 4.69) is 38.2 Å². The van der Waals surface area contributed by atoms with Crippen molar-refractivity contribution in [3.63, 3.8) is 0 Å². The van der Waals surface area contributed by atoms with Crippen LogP contribution < -0.4 is 5.73 Å². The van der Waals surface area contributed by atoms with Gasteiger partial charge in [0, 0.05) is 18.2 Å². The van der Waals surface area contributed by atoms with E-state index >= 15 is 0 Å². The van der Waals surface area contributed by atoms with Crippen molar-refractivity contribution in [2.75, 3.05) is 18.8 Å². The van der Waals surface area contributed by atoms with Gasteiger partial charge in [-0.25, -0.2) is 14.6 Å². The first kappa shape index (κ1) is 25.0. The van der Waals surface area contributed by atoms with Gasteiger partial charge in [-0.1, -0.05) is 23.4 Å². The van der Waals surface area contributed by atoms with Gasteiger partial charge in [-0.2, -0.15) is 5.26 Å². The Morgan fingerprint density at radius 1 is 1.16 bits per heavy atom. The first-order valence-electron chi connectivity index (χ1n) is 12.4. The Hall–Kier alpha value is -4.69. The standard InChI is InChI=1S/C27H27N9O2/c1-17(35-10-4-7-20(14-35)26(37)38)22-9-3-8-21(30-22)15-36-16-25(33-34-36)24-12-23(31-27(29)32-24)19-6-2-5-18(11-19)13-28/h2-3,5-6,8-9,11-12,16-17,20H,4,7,10,14-15H2,1H3,(H,37,38)(H2,29,31,32)/t17-,20-/m0/s1. The zero-order chi connectivity index (χ0) is 26.6. The number of nitrogen functional groups attached to an aromatic ring is 1. The molecule has 1 fully saturated rings. The van der Waals surface area contributed by atoms with Gasteiger partial charge in [0.2, 0.25) is 5.95 Å². The van der Waals surface area contributed by atoms with Gasteiger partial charge in [0.1, 0.15) is 5.69 Å². The third-order valence-corrected chi connectivity index (χ3v) is 6.76. The molecule has 3 aromatic heterocycles. The fourth-order valence-corrected chi connectivity index (χ4v) is 4.72. The summed E-state index contributed by atoms with van der Waals surface area (Å²) in [5.41, 5.74) is 10.6. The summed E-state index contributed by atoms with van der Waals surface area (Å²) in [6.07, 6.45) is 3.35. The molecule has 38 heavy (non-hydrogen) atoms. The predicted molar refractivity (Wildman–Crippen MR) is 139 cm³/mol. The van der Waals surface area contributed by atoms with E-state index in [-0.39, 0.29) is 17.9 Å². The summed E-state index contributed by atoms with van der Waals surface area (Å²) < 4.78 is 1.68. The molecule has 1 saturated heterocycles. The molecule has 11 heteroatoms. The maximum absolute atomic E-state index is 11.5. The van der Waals surface area contributed by atoms with Gasteiger partial charge in [-0.3, -0.25) is 14.7 Å². The number of likely N-dealkylation sites (tertiary alicyclic amines) is 1. The highest BCUT2D eigenvalue weighted by molar-refractivity contribution is 5.70. The van der Waals surface area contributed by atoms with Crippen molar-refractivity contribution in [3.8, 4) is 28.7 Å². The van der Waals surface area contributed by atoms with Crippen molar-refractivity contribution in [3.05, 3.63) is 71.7 Å². The summed E-state index contributed by atoms with van der Waals surface area (Å²) in [6.45, 7) is 3.85. The summed E-state index contributed by atoms with van der Waals surface area (Å²) in [7, 11) is 0. The van der Waals surface area contributed by atoms with E-state index in [1.165, 1.54) is 0 Å². The first-order valence-corrected chi connectivity index (χ1v) is 12.4. The number of anilines is 1. The van der Waals surface area contributed by atoms with Crippen molar-refractivity contribution in [2.45, 2.75) is 32.4 Å². The van der Waals surface area contributed by atoms with E-state index < -0.39 is 5.97 Å². The minimum Gasteiger partial charge on any atom is -0.481 e. The lowest BCUT2D eigenvalue weighted by atomic mass is 9.96. The van der Waals surface area contributed by atoms with Gasteiger partial charge < -0.3 is 10.8 Å². The molecule has 0 bridgehead atoms. The topological polar surface area (TPSA) is 160 Å². The Labute approximate surface area is 219 Å². The number of carboxylic acids is 1. The van der Waals surface area contributed by atoms with Crippen LogP contribution in [0.3, 0.4) is 0 Å². The Balaban J connectivity index is 1.33. The van der Waals surface area contributed by atoms with Gasteiger partial charge in [0.15, 0.2) is 0 Å². The van der Waals surface area contributed by atoms with Crippen molar-refractivity contribution in [1.82, 2.24) is 34.8 Å². The van der Waals surface area contributed by atoms with Gasteiger partial charge in [-0.15, -0.1) is 5.10 Å². The molecule has 1 aliphatic heterocycles. The van der Waals surface area contributed by atoms with Crippen LogP contribution in [-0.4, -0.2) is 59.0 Å². The number of benzene rings is 1. The number of hydrogen-bond acceptors (Lipinski definition) is 9. The number of nitrogens with zero attached hydrogens (tertiary/aromatic N) is 8. The average Bonchev–Trinajstić information content (AvgIpc) is 3.41. The molecule has 2 atom stereocenters. The third kappa shape index (κ3) is 5.50. The maximum Gasteiger partial charge on any atom is 0.307 e. The van der Waals surface area contributed by atoms with Crippen LogP contribution in [0.15, 0.2) is 54.7 Å². The quantitative estimate of drug-likeness (QED) is 0.379. The molecule has 0 radical (unpaired) electrons. The van der Waals surface area contributed by atoms with E-state index in [1.807, 2.05) is 24.3 Å². The van der Waals surface area contributed by atoms with Crippen LogP contribution in [-0.2, 0) is 11.3 Å². The second kappa shape index (κ2) is 10.7. The number of hydrogen-bond donors (Lipinski definition) is 2. The number of piperidine rings is 1. The largest absolute Gasteiger partial charge is 0.481 e. The molecule has 0 saturated carbocycles. The van der Waals surface area contributed by atoms with Crippen LogP contribution in [0.2, 0.25) is 0 Å². The minimum atomic E-state index is -0.737. The summed E-state index contributed by atoms with van der Waals surface area (Å²) in [6, 6.07) is 16.9. The number of carbonyl (C=O) groups is 1. The molecule has 0 unspecified atom stereocenters. The zero-order valence-electron chi connectivity index (χ0n) is 20.9. The van der Waals surface area contributed by atoms with Crippen molar-refractivity contribution >= 4 is 11.9 Å². The molecule has 4 heterocycles. The number of aliphatic carboxylic acids is 1. The molecule has 3 N–H and O–H groups in total. The monoisotopic (exact) mass is 509 g/mol. The number of nitrogens with two attached hydrogens (primary N) is 1. The Bertz CT molecular complexity index is 1510. The van der Waals surface area contributed by atoms with Crippen LogP contribution in [0.5, 0.6) is 0 Å². The van der Waals surface area contributed by atoms with Crippen LogP contribution in [0.25, 0.3) is 22.6 Å². The second-order valence-corrected chi connectivity index (χ2v) is 9.39. The van der Waals surface area contributed by atoms with Crippen LogP contribution >= 0.6 is 0 Å². The minimum absolute atomic E-state index is 0.00496. The summed E-state index contributed by atoms with van der Waals surface area (Å²) in [4.78, 5) is 27.1. The maximum atomic E-state index is 11.5. The molecule has 0 spiro atoms. The molecule has 1 aromatic carbocycles. The highest BCUT2D eigenvalue weighted by atomic mass is 16.4. The number of aromatic nitrogens is 6. The van der Waals surface area contributed by atoms with Crippen LogP contribution in [0, 0.1) is 17.2 Å². The van der Waals surface area contributed by atoms with E-state index in [1.54, 1.807) is 35.1 Å². The highest BCUT2D eigenvalue weighted by Gasteiger charge is 2.29. The molecule has 4 aromatic rings. The van der Waals surface area contributed by atoms with Crippen molar-refractivity contribution in [2.24, 2.45) is 5.92 Å². The average molecular weight is 510 g/mol. The van der Waals surface area contributed by atoms with E-state index in [9.17, 15) is 15.2 Å². The summed E-state index contributed by atoms with van der Waals surface area (Å²) >= 11 is 0. The lowest BCUT2D eigenvalue weighted by Gasteiger charge is -2.35. The van der Waals surface area contributed by atoms with Gasteiger partial charge in [0.05, 0.1) is 53.1 Å². The van der Waals surface area contributed by atoms with Gasteiger partial charge in [0.25, 0.3) is 0 Å². The lowest BCUT2D eigenvalue weighted by Crippen LogP contribution is -2.40. The van der Waals surface area contributed by atoms with Crippen LogP contribution in [0.1, 0.15) is 42.8 Å². The van der Waals surface area contributed by atoms with E-state index in [0.717, 1.165) is 29.9 Å². The molecule has 0 amide bonds. The van der Waals surface area contributed by atoms with E-state index in [4.69, 9.17) is 10.7 Å².